The maximum Gasteiger partial charge on any atom is 0.256 e. The Kier molecular flexibility index (Phi) is 6.83. The lowest BCUT2D eigenvalue weighted by atomic mass is 10.0. The van der Waals surface area contributed by atoms with Crippen LogP contribution >= 0.6 is 0 Å². The van der Waals surface area contributed by atoms with E-state index in [0.29, 0.717) is 24.4 Å². The van der Waals surface area contributed by atoms with Crippen LogP contribution in [0.15, 0.2) is 36.4 Å². The number of halogens is 2. The van der Waals surface area contributed by atoms with E-state index in [4.69, 9.17) is 14.2 Å². The number of piperidine rings is 1. The average Bonchev–Trinajstić information content (AvgIpc) is 2.79. The zero-order chi connectivity index (χ0) is 21.8. The zero-order valence-electron chi connectivity index (χ0n) is 17.6. The van der Waals surface area contributed by atoms with E-state index >= 15 is 0 Å². The summed E-state index contributed by atoms with van der Waals surface area (Å²) >= 11 is 0. The first-order valence-corrected chi connectivity index (χ1v) is 10.7. The minimum atomic E-state index is -0.654. The second kappa shape index (κ2) is 9.75. The summed E-state index contributed by atoms with van der Waals surface area (Å²) in [6.07, 6.45) is 3.64. The van der Waals surface area contributed by atoms with Crippen molar-refractivity contribution >= 4 is 5.91 Å². The Morgan fingerprint density at radius 1 is 0.968 bits per heavy atom. The van der Waals surface area contributed by atoms with Crippen LogP contribution in [0.1, 0.15) is 36.0 Å². The standard InChI is InChI=1S/C24H27F2NO4/c1-29-19-3-5-20(23(26)15-19)16-2-4-21(22(25)14-16)24(28)27-10-6-17(7-11-27)31-18-8-12-30-13-9-18/h2-5,14-15,17-18H,6-13H2,1H3. The molecule has 4 rings (SSSR count). The third-order valence-corrected chi connectivity index (χ3v) is 5.97. The molecule has 0 unspecified atom stereocenters. The summed E-state index contributed by atoms with van der Waals surface area (Å²) in [6, 6.07) is 8.61. The maximum absolute atomic E-state index is 14.8. The lowest BCUT2D eigenvalue weighted by Gasteiger charge is -2.35. The molecule has 166 valence electrons. The number of likely N-dealkylation sites (tertiary alicyclic amines) is 1. The highest BCUT2D eigenvalue weighted by Crippen LogP contribution is 2.28. The van der Waals surface area contributed by atoms with Crippen LogP contribution in [0.5, 0.6) is 5.75 Å². The lowest BCUT2D eigenvalue weighted by molar-refractivity contribution is -0.0823. The number of carbonyl (C=O) groups is 1. The molecule has 0 bridgehead atoms. The van der Waals surface area contributed by atoms with Crippen LogP contribution in [0.4, 0.5) is 8.78 Å². The predicted molar refractivity (Wildman–Crippen MR) is 112 cm³/mol. The highest BCUT2D eigenvalue weighted by atomic mass is 19.1. The number of hydrogen-bond donors (Lipinski definition) is 0. The fourth-order valence-corrected chi connectivity index (χ4v) is 4.16. The van der Waals surface area contributed by atoms with Crippen molar-refractivity contribution in [2.75, 3.05) is 33.4 Å². The molecular formula is C24H27F2NO4. The first-order chi connectivity index (χ1) is 15.0. The van der Waals surface area contributed by atoms with Gasteiger partial charge in [0.05, 0.1) is 24.9 Å². The minimum absolute atomic E-state index is 0.00136. The van der Waals surface area contributed by atoms with Gasteiger partial charge in [-0.2, -0.15) is 0 Å². The molecule has 0 atom stereocenters. The predicted octanol–water partition coefficient (Wildman–Crippen LogP) is 4.44. The van der Waals surface area contributed by atoms with Crippen LogP contribution in [-0.2, 0) is 9.47 Å². The van der Waals surface area contributed by atoms with Gasteiger partial charge in [0.25, 0.3) is 5.91 Å². The Bertz CT molecular complexity index is 922. The van der Waals surface area contributed by atoms with Gasteiger partial charge in [0.1, 0.15) is 17.4 Å². The summed E-state index contributed by atoms with van der Waals surface area (Å²) in [5.41, 5.74) is 0.629. The molecule has 0 spiro atoms. The van der Waals surface area contributed by atoms with E-state index in [-0.39, 0.29) is 29.2 Å². The molecule has 31 heavy (non-hydrogen) atoms. The number of benzene rings is 2. The zero-order valence-corrected chi connectivity index (χ0v) is 17.6. The summed E-state index contributed by atoms with van der Waals surface area (Å²) in [5.74, 6) is -1.12. The molecule has 5 nitrogen and oxygen atoms in total. The molecule has 2 fully saturated rings. The van der Waals surface area contributed by atoms with Gasteiger partial charge in [-0.1, -0.05) is 6.07 Å². The topological polar surface area (TPSA) is 48.0 Å². The molecule has 0 N–H and O–H groups in total. The van der Waals surface area contributed by atoms with E-state index in [1.165, 1.54) is 31.4 Å². The van der Waals surface area contributed by atoms with Crippen LogP contribution in [0.3, 0.4) is 0 Å². The van der Waals surface area contributed by atoms with Crippen LogP contribution < -0.4 is 4.74 Å². The average molecular weight is 431 g/mol. The normalized spacial score (nSPS) is 18.2. The van der Waals surface area contributed by atoms with E-state index < -0.39 is 11.6 Å². The van der Waals surface area contributed by atoms with Crippen molar-refractivity contribution in [1.29, 1.82) is 0 Å². The van der Waals surface area contributed by atoms with Crippen molar-refractivity contribution in [3.8, 4) is 16.9 Å². The molecule has 2 aromatic carbocycles. The lowest BCUT2D eigenvalue weighted by Crippen LogP contribution is -2.42. The number of methoxy groups -OCH3 is 1. The molecule has 7 heteroatoms. The Hall–Kier alpha value is -2.51. The largest absolute Gasteiger partial charge is 0.497 e. The van der Waals surface area contributed by atoms with E-state index in [2.05, 4.69) is 0 Å². The van der Waals surface area contributed by atoms with Gasteiger partial charge < -0.3 is 19.1 Å². The first-order valence-electron chi connectivity index (χ1n) is 10.7. The van der Waals surface area contributed by atoms with Gasteiger partial charge in [-0.15, -0.1) is 0 Å². The summed E-state index contributed by atoms with van der Waals surface area (Å²) in [5, 5.41) is 0. The number of nitrogens with zero attached hydrogens (tertiary/aromatic N) is 1. The summed E-state index contributed by atoms with van der Waals surface area (Å²) in [4.78, 5) is 14.5. The highest BCUT2D eigenvalue weighted by molar-refractivity contribution is 5.95. The van der Waals surface area contributed by atoms with Crippen molar-refractivity contribution in [1.82, 2.24) is 4.90 Å². The Balaban J connectivity index is 1.39. The van der Waals surface area contributed by atoms with Crippen LogP contribution in [0.25, 0.3) is 11.1 Å². The van der Waals surface area contributed by atoms with E-state index in [9.17, 15) is 13.6 Å². The molecule has 1 amide bonds. The third kappa shape index (κ3) is 5.05. The molecule has 0 radical (unpaired) electrons. The molecule has 2 heterocycles. The summed E-state index contributed by atoms with van der Waals surface area (Å²) in [7, 11) is 1.45. The van der Waals surface area contributed by atoms with Gasteiger partial charge in [0, 0.05) is 37.9 Å². The molecular weight excluding hydrogens is 404 g/mol. The van der Waals surface area contributed by atoms with Crippen LogP contribution in [0.2, 0.25) is 0 Å². The Labute approximate surface area is 180 Å². The second-order valence-corrected chi connectivity index (χ2v) is 7.98. The van der Waals surface area contributed by atoms with Gasteiger partial charge in [-0.3, -0.25) is 4.79 Å². The van der Waals surface area contributed by atoms with Crippen molar-refractivity contribution in [2.45, 2.75) is 37.9 Å². The maximum atomic E-state index is 14.8. The quantitative estimate of drug-likeness (QED) is 0.702. The fraction of sp³-hybridized carbons (Fsp3) is 0.458. The first kappa shape index (κ1) is 21.7. The van der Waals surface area contributed by atoms with Crippen LogP contribution in [-0.4, -0.2) is 56.4 Å². The molecule has 2 aromatic rings. The minimum Gasteiger partial charge on any atom is -0.497 e. The summed E-state index contributed by atoms with van der Waals surface area (Å²) in [6.45, 7) is 2.53. The van der Waals surface area contributed by atoms with Gasteiger partial charge in [0.15, 0.2) is 0 Å². The Morgan fingerprint density at radius 3 is 2.32 bits per heavy atom. The molecule has 0 saturated carbocycles. The van der Waals surface area contributed by atoms with Crippen molar-refractivity contribution in [3.63, 3.8) is 0 Å². The van der Waals surface area contributed by atoms with E-state index in [0.717, 1.165) is 38.9 Å². The number of hydrogen-bond acceptors (Lipinski definition) is 4. The van der Waals surface area contributed by atoms with Crippen LogP contribution in [0, 0.1) is 11.6 Å². The molecule has 0 aliphatic carbocycles. The Morgan fingerprint density at radius 2 is 1.68 bits per heavy atom. The fourth-order valence-electron chi connectivity index (χ4n) is 4.16. The van der Waals surface area contributed by atoms with Gasteiger partial charge in [0.2, 0.25) is 0 Å². The smallest absolute Gasteiger partial charge is 0.256 e. The molecule has 2 aliphatic heterocycles. The van der Waals surface area contributed by atoms with E-state index in [1.807, 2.05) is 0 Å². The number of amides is 1. The highest BCUT2D eigenvalue weighted by Gasteiger charge is 2.28. The van der Waals surface area contributed by atoms with Gasteiger partial charge in [-0.25, -0.2) is 8.78 Å². The van der Waals surface area contributed by atoms with E-state index in [1.54, 1.807) is 17.0 Å². The monoisotopic (exact) mass is 431 g/mol. The molecule has 0 aromatic heterocycles. The van der Waals surface area contributed by atoms with Gasteiger partial charge in [-0.05, 0) is 55.5 Å². The number of carbonyl (C=O) groups excluding carboxylic acids is 1. The molecule has 2 aliphatic rings. The SMILES string of the molecule is COc1ccc(-c2ccc(C(=O)N3CCC(OC4CCOCC4)CC3)c(F)c2)c(F)c1. The van der Waals surface area contributed by atoms with Crippen molar-refractivity contribution < 1.29 is 27.8 Å². The van der Waals surface area contributed by atoms with Crippen molar-refractivity contribution in [3.05, 3.63) is 53.6 Å². The van der Waals surface area contributed by atoms with Crippen molar-refractivity contribution in [2.24, 2.45) is 0 Å². The molecule has 2 saturated heterocycles. The third-order valence-electron chi connectivity index (χ3n) is 5.97. The van der Waals surface area contributed by atoms with Gasteiger partial charge >= 0.3 is 0 Å². The number of rotatable bonds is 5. The summed E-state index contributed by atoms with van der Waals surface area (Å²) < 4.78 is 45.6. The number of ether oxygens (including phenoxy) is 3. The second-order valence-electron chi connectivity index (χ2n) is 7.98.